The first kappa shape index (κ1) is 11.1. The summed E-state index contributed by atoms with van der Waals surface area (Å²) in [6.45, 7) is 0. The van der Waals surface area contributed by atoms with Crippen LogP contribution in [0.5, 0.6) is 0 Å². The van der Waals surface area contributed by atoms with Gasteiger partial charge in [-0.1, -0.05) is 37.9 Å². The lowest BCUT2D eigenvalue weighted by molar-refractivity contribution is -0.127. The molecule has 1 aromatic heterocycles. The average Bonchev–Trinajstić information content (AvgIpc) is 2.45. The van der Waals surface area contributed by atoms with Gasteiger partial charge >= 0.3 is 0 Å². The first-order valence-electron chi connectivity index (χ1n) is 4.57. The maximum absolute atomic E-state index is 11.7. The van der Waals surface area contributed by atoms with Crippen LogP contribution in [0.2, 0.25) is 0 Å². The van der Waals surface area contributed by atoms with Gasteiger partial charge in [0, 0.05) is 31.4 Å². The lowest BCUT2D eigenvalue weighted by atomic mass is 10.1. The summed E-state index contributed by atoms with van der Waals surface area (Å²) in [7, 11) is 1.80. The van der Waals surface area contributed by atoms with Crippen molar-refractivity contribution in [3.63, 3.8) is 0 Å². The number of nitrogens with zero attached hydrogens (tertiary/aromatic N) is 2. The highest BCUT2D eigenvalue weighted by Crippen LogP contribution is 2.45. The summed E-state index contributed by atoms with van der Waals surface area (Å²) in [5.74, 6) is 0.0933. The van der Waals surface area contributed by atoms with E-state index >= 15 is 0 Å². The summed E-state index contributed by atoms with van der Waals surface area (Å²) in [5, 5.41) is 0. The molecular formula is C10H10Br2N2O. The van der Waals surface area contributed by atoms with Crippen molar-refractivity contribution in [2.75, 3.05) is 7.05 Å². The summed E-state index contributed by atoms with van der Waals surface area (Å²) in [6, 6.07) is 3.84. The molecule has 15 heavy (non-hydrogen) atoms. The van der Waals surface area contributed by atoms with Crippen molar-refractivity contribution in [3.05, 3.63) is 30.1 Å². The molecule has 0 aliphatic carbocycles. The molecule has 2 heterocycles. The zero-order chi connectivity index (χ0) is 11.1. The molecule has 3 nitrogen and oxygen atoms in total. The molecule has 0 radical (unpaired) electrons. The lowest BCUT2D eigenvalue weighted by Crippen LogP contribution is -2.35. The minimum absolute atomic E-state index is 0.0933. The summed E-state index contributed by atoms with van der Waals surface area (Å²) >= 11 is 7.01. The quantitative estimate of drug-likeness (QED) is 0.583. The molecule has 0 saturated carbocycles. The van der Waals surface area contributed by atoms with Crippen LogP contribution >= 0.6 is 31.9 Å². The van der Waals surface area contributed by atoms with Crippen LogP contribution in [0.1, 0.15) is 12.0 Å². The summed E-state index contributed by atoms with van der Waals surface area (Å²) in [4.78, 5) is 17.4. The van der Waals surface area contributed by atoms with E-state index in [1.807, 2.05) is 12.1 Å². The number of aromatic nitrogens is 1. The molecule has 80 valence electrons. The fraction of sp³-hybridized carbons (Fsp3) is 0.400. The Morgan fingerprint density at radius 1 is 1.67 bits per heavy atom. The SMILES string of the molecule is CN1C(=O)[C@@H](Br)C[C@@]1(Br)c1cccnc1. The van der Waals surface area contributed by atoms with Gasteiger partial charge < -0.3 is 4.90 Å². The first-order chi connectivity index (χ1) is 7.05. The maximum atomic E-state index is 11.7. The third-order valence-corrected chi connectivity index (χ3v) is 4.71. The van der Waals surface area contributed by atoms with Gasteiger partial charge in [0.05, 0.1) is 4.83 Å². The predicted octanol–water partition coefficient (Wildman–Crippen LogP) is 2.25. The second kappa shape index (κ2) is 3.87. The Balaban J connectivity index is 2.40. The number of hydrogen-bond acceptors (Lipinski definition) is 2. The number of halogens is 2. The van der Waals surface area contributed by atoms with E-state index in [9.17, 15) is 4.79 Å². The van der Waals surface area contributed by atoms with Gasteiger partial charge in [0.25, 0.3) is 0 Å². The molecule has 2 rings (SSSR count). The second-order valence-corrected chi connectivity index (χ2v) is 5.99. The fourth-order valence-electron chi connectivity index (χ4n) is 1.75. The van der Waals surface area contributed by atoms with E-state index in [0.717, 1.165) is 5.56 Å². The molecule has 1 amide bonds. The smallest absolute Gasteiger partial charge is 0.237 e. The van der Waals surface area contributed by atoms with Crippen LogP contribution in [-0.4, -0.2) is 27.7 Å². The van der Waals surface area contributed by atoms with Crippen molar-refractivity contribution in [3.8, 4) is 0 Å². The minimum Gasteiger partial charge on any atom is -0.325 e. The van der Waals surface area contributed by atoms with Gasteiger partial charge in [-0.05, 0) is 6.07 Å². The first-order valence-corrected chi connectivity index (χ1v) is 6.28. The van der Waals surface area contributed by atoms with E-state index in [2.05, 4.69) is 36.8 Å². The van der Waals surface area contributed by atoms with Crippen molar-refractivity contribution in [1.29, 1.82) is 0 Å². The summed E-state index contributed by atoms with van der Waals surface area (Å²) in [6.07, 6.45) is 4.21. The van der Waals surface area contributed by atoms with Crippen LogP contribution < -0.4 is 0 Å². The van der Waals surface area contributed by atoms with Crippen LogP contribution in [0.3, 0.4) is 0 Å². The van der Waals surface area contributed by atoms with Gasteiger partial charge in [0.15, 0.2) is 0 Å². The zero-order valence-electron chi connectivity index (χ0n) is 8.15. The molecule has 1 aliphatic heterocycles. The molecule has 1 fully saturated rings. The van der Waals surface area contributed by atoms with Crippen LogP contribution in [-0.2, 0) is 9.24 Å². The van der Waals surface area contributed by atoms with Crippen molar-refractivity contribution < 1.29 is 4.79 Å². The number of alkyl halides is 2. The Morgan fingerprint density at radius 2 is 2.40 bits per heavy atom. The molecule has 0 unspecified atom stereocenters. The van der Waals surface area contributed by atoms with Crippen molar-refractivity contribution in [2.24, 2.45) is 0 Å². The van der Waals surface area contributed by atoms with Gasteiger partial charge in [-0.15, -0.1) is 0 Å². The van der Waals surface area contributed by atoms with Crippen LogP contribution in [0, 0.1) is 0 Å². The van der Waals surface area contributed by atoms with E-state index in [0.29, 0.717) is 6.42 Å². The highest BCUT2D eigenvalue weighted by Gasteiger charge is 2.47. The number of carbonyl (C=O) groups excluding carboxylic acids is 1. The van der Waals surface area contributed by atoms with Crippen LogP contribution in [0.25, 0.3) is 0 Å². The Bertz CT molecular complexity index is 384. The number of hydrogen-bond donors (Lipinski definition) is 0. The molecular weight excluding hydrogens is 324 g/mol. The minimum atomic E-state index is -0.424. The number of rotatable bonds is 1. The molecule has 0 aromatic carbocycles. The van der Waals surface area contributed by atoms with E-state index in [-0.39, 0.29) is 10.7 Å². The Hall–Kier alpha value is -0.420. The van der Waals surface area contributed by atoms with Gasteiger partial charge in [0.2, 0.25) is 5.91 Å². The summed E-state index contributed by atoms with van der Waals surface area (Å²) < 4.78 is -0.424. The Morgan fingerprint density at radius 3 is 2.87 bits per heavy atom. The monoisotopic (exact) mass is 332 g/mol. The number of likely N-dealkylation sites (tertiary alicyclic amines) is 1. The van der Waals surface area contributed by atoms with Gasteiger partial charge in [-0.3, -0.25) is 9.78 Å². The molecule has 0 bridgehead atoms. The normalized spacial score (nSPS) is 31.0. The van der Waals surface area contributed by atoms with E-state index in [4.69, 9.17) is 0 Å². The number of amides is 1. The van der Waals surface area contributed by atoms with E-state index in [1.54, 1.807) is 24.3 Å². The van der Waals surface area contributed by atoms with Crippen LogP contribution in [0.15, 0.2) is 24.5 Å². The topological polar surface area (TPSA) is 33.2 Å². The highest BCUT2D eigenvalue weighted by atomic mass is 79.9. The second-order valence-electron chi connectivity index (χ2n) is 3.57. The van der Waals surface area contributed by atoms with Crippen molar-refractivity contribution in [2.45, 2.75) is 15.7 Å². The molecule has 0 N–H and O–H groups in total. The number of carbonyl (C=O) groups is 1. The van der Waals surface area contributed by atoms with Crippen molar-refractivity contribution >= 4 is 37.8 Å². The molecule has 0 spiro atoms. The Kier molecular flexibility index (Phi) is 2.85. The maximum Gasteiger partial charge on any atom is 0.237 e. The van der Waals surface area contributed by atoms with E-state index < -0.39 is 4.45 Å². The van der Waals surface area contributed by atoms with Crippen LogP contribution in [0.4, 0.5) is 0 Å². The largest absolute Gasteiger partial charge is 0.325 e. The summed E-state index contributed by atoms with van der Waals surface area (Å²) in [5.41, 5.74) is 1.00. The fourth-order valence-corrected chi connectivity index (χ4v) is 3.69. The van der Waals surface area contributed by atoms with Gasteiger partial charge in [0.1, 0.15) is 4.45 Å². The lowest BCUT2D eigenvalue weighted by Gasteiger charge is -2.29. The third kappa shape index (κ3) is 1.72. The Labute approximate surface area is 105 Å². The molecule has 5 heteroatoms. The van der Waals surface area contributed by atoms with E-state index in [1.165, 1.54) is 0 Å². The third-order valence-electron chi connectivity index (χ3n) is 2.68. The average molecular weight is 334 g/mol. The molecule has 1 aromatic rings. The number of pyridine rings is 1. The highest BCUT2D eigenvalue weighted by molar-refractivity contribution is 9.10. The molecule has 2 atom stereocenters. The van der Waals surface area contributed by atoms with Gasteiger partial charge in [-0.25, -0.2) is 0 Å². The molecule has 1 aliphatic rings. The van der Waals surface area contributed by atoms with Crippen molar-refractivity contribution in [1.82, 2.24) is 9.88 Å². The molecule has 1 saturated heterocycles. The predicted molar refractivity (Wildman–Crippen MR) is 64.9 cm³/mol. The standard InChI is InChI=1S/C10H10Br2N2O/c1-14-9(15)8(11)5-10(14,12)7-3-2-4-13-6-7/h2-4,6,8H,5H2,1H3/t8-,10-/m0/s1. The zero-order valence-corrected chi connectivity index (χ0v) is 11.3. The van der Waals surface area contributed by atoms with Gasteiger partial charge in [-0.2, -0.15) is 0 Å².